The molecule has 0 N–H and O–H groups in total. The Kier molecular flexibility index (Phi) is 4.75. The number of rotatable bonds is 4. The molecule has 0 aromatic heterocycles. The fourth-order valence-corrected chi connectivity index (χ4v) is 1.88. The van der Waals surface area contributed by atoms with Gasteiger partial charge in [0.2, 0.25) is 0 Å². The topological polar surface area (TPSA) is 17.1 Å². The van der Waals surface area contributed by atoms with E-state index < -0.39 is 0 Å². The van der Waals surface area contributed by atoms with Crippen LogP contribution in [-0.2, 0) is 4.79 Å². The van der Waals surface area contributed by atoms with Crippen molar-refractivity contribution < 1.29 is 4.79 Å². The van der Waals surface area contributed by atoms with E-state index in [0.29, 0.717) is 0 Å². The van der Waals surface area contributed by atoms with Gasteiger partial charge in [0, 0.05) is 5.02 Å². The highest BCUT2D eigenvalue weighted by Gasteiger charge is 2.12. The average Bonchev–Trinajstić information content (AvgIpc) is 2.25. The second-order valence-corrected chi connectivity index (χ2v) is 4.39. The Balaban J connectivity index is 3.09. The second kappa shape index (κ2) is 5.86. The van der Waals surface area contributed by atoms with E-state index in [0.717, 1.165) is 34.4 Å². The van der Waals surface area contributed by atoms with Gasteiger partial charge in [0.15, 0.2) is 0 Å². The highest BCUT2D eigenvalue weighted by Crippen LogP contribution is 2.26. The van der Waals surface area contributed by atoms with E-state index >= 15 is 0 Å². The lowest BCUT2D eigenvalue weighted by Crippen LogP contribution is -2.02. The van der Waals surface area contributed by atoms with Crippen molar-refractivity contribution >= 4 is 17.9 Å². The van der Waals surface area contributed by atoms with Gasteiger partial charge in [0.05, 0.1) is 5.92 Å². The maximum absolute atomic E-state index is 11.1. The molecule has 0 radical (unpaired) electrons. The van der Waals surface area contributed by atoms with Crippen LogP contribution in [0.5, 0.6) is 0 Å². The van der Waals surface area contributed by atoms with Crippen molar-refractivity contribution in [3.8, 4) is 0 Å². The molecule has 1 aromatic rings. The Bertz CT molecular complexity index is 407. The van der Waals surface area contributed by atoms with Gasteiger partial charge in [-0.3, -0.25) is 0 Å². The van der Waals surface area contributed by atoms with E-state index in [2.05, 4.69) is 13.0 Å². The number of carbonyl (C=O) groups excluding carboxylic acids is 1. The molecule has 1 nitrogen and oxygen atoms in total. The van der Waals surface area contributed by atoms with Crippen LogP contribution in [0, 0.1) is 6.92 Å². The molecule has 1 unspecified atom stereocenters. The van der Waals surface area contributed by atoms with Crippen LogP contribution in [-0.4, -0.2) is 6.29 Å². The lowest BCUT2D eigenvalue weighted by Gasteiger charge is -2.12. The normalized spacial score (nSPS) is 13.6. The third-order valence-electron chi connectivity index (χ3n) is 2.69. The van der Waals surface area contributed by atoms with Crippen molar-refractivity contribution in [3.05, 3.63) is 46.0 Å². The van der Waals surface area contributed by atoms with Gasteiger partial charge in [-0.1, -0.05) is 42.3 Å². The van der Waals surface area contributed by atoms with Crippen LogP contribution in [0.3, 0.4) is 0 Å². The number of benzene rings is 1. The first kappa shape index (κ1) is 13.0. The molecule has 1 atom stereocenters. The lowest BCUT2D eigenvalue weighted by atomic mass is 9.92. The molecule has 0 saturated carbocycles. The molecular formula is C14H17ClO. The van der Waals surface area contributed by atoms with E-state index in [1.807, 2.05) is 32.0 Å². The highest BCUT2D eigenvalue weighted by atomic mass is 35.5. The maximum atomic E-state index is 11.1. The summed E-state index contributed by atoms with van der Waals surface area (Å²) in [7, 11) is 0. The van der Waals surface area contributed by atoms with Crippen LogP contribution in [0.1, 0.15) is 37.3 Å². The molecule has 0 amide bonds. The summed E-state index contributed by atoms with van der Waals surface area (Å²) in [6, 6.07) is 5.75. The molecular weight excluding hydrogens is 220 g/mol. The van der Waals surface area contributed by atoms with Crippen molar-refractivity contribution in [1.29, 1.82) is 0 Å². The molecule has 0 aliphatic heterocycles. The van der Waals surface area contributed by atoms with E-state index in [9.17, 15) is 4.79 Å². The number of aryl methyl sites for hydroxylation is 1. The van der Waals surface area contributed by atoms with Gasteiger partial charge >= 0.3 is 0 Å². The van der Waals surface area contributed by atoms with E-state index in [4.69, 9.17) is 11.6 Å². The zero-order valence-electron chi connectivity index (χ0n) is 9.96. The molecule has 0 spiro atoms. The Hall–Kier alpha value is -1.08. The Labute approximate surface area is 102 Å². The number of allylic oxidation sites excluding steroid dienone is 2. The van der Waals surface area contributed by atoms with Crippen LogP contribution >= 0.6 is 11.6 Å². The zero-order chi connectivity index (χ0) is 12.1. The van der Waals surface area contributed by atoms with E-state index in [1.54, 1.807) is 0 Å². The van der Waals surface area contributed by atoms with Gasteiger partial charge in [-0.15, -0.1) is 0 Å². The summed E-state index contributed by atoms with van der Waals surface area (Å²) in [6.45, 7) is 6.01. The third kappa shape index (κ3) is 2.96. The fourth-order valence-electron chi connectivity index (χ4n) is 1.76. The molecule has 86 valence electrons. The molecule has 0 bridgehead atoms. The summed E-state index contributed by atoms with van der Waals surface area (Å²) >= 11 is 5.97. The standard InChI is InChI=1S/C14H17ClO/c1-4-5-10(2)13(9-16)12-6-7-14(15)11(3)8-12/h5-9,13H,4H2,1-3H3/b10-5+. The predicted octanol–water partition coefficient (Wildman–Crippen LogP) is 4.29. The van der Waals surface area contributed by atoms with Crippen LogP contribution in [0.2, 0.25) is 5.02 Å². The van der Waals surface area contributed by atoms with E-state index in [-0.39, 0.29) is 5.92 Å². The number of halogens is 1. The predicted molar refractivity (Wildman–Crippen MR) is 69.0 cm³/mol. The van der Waals surface area contributed by atoms with Crippen molar-refractivity contribution in [3.63, 3.8) is 0 Å². The summed E-state index contributed by atoms with van der Waals surface area (Å²) in [5.74, 6) is -0.143. The minimum absolute atomic E-state index is 0.143. The van der Waals surface area contributed by atoms with Crippen LogP contribution in [0.25, 0.3) is 0 Å². The smallest absolute Gasteiger partial charge is 0.131 e. The molecule has 2 heteroatoms. The van der Waals surface area contributed by atoms with Gasteiger partial charge in [0.25, 0.3) is 0 Å². The first-order valence-electron chi connectivity index (χ1n) is 5.48. The van der Waals surface area contributed by atoms with Gasteiger partial charge < -0.3 is 4.79 Å². The van der Waals surface area contributed by atoms with Crippen LogP contribution in [0.4, 0.5) is 0 Å². The van der Waals surface area contributed by atoms with Crippen molar-refractivity contribution in [1.82, 2.24) is 0 Å². The molecule has 0 heterocycles. The van der Waals surface area contributed by atoms with Crippen LogP contribution < -0.4 is 0 Å². The summed E-state index contributed by atoms with van der Waals surface area (Å²) in [5, 5.41) is 0.741. The average molecular weight is 237 g/mol. The highest BCUT2D eigenvalue weighted by molar-refractivity contribution is 6.31. The molecule has 0 fully saturated rings. The molecule has 16 heavy (non-hydrogen) atoms. The largest absolute Gasteiger partial charge is 0.302 e. The zero-order valence-corrected chi connectivity index (χ0v) is 10.7. The summed E-state index contributed by atoms with van der Waals surface area (Å²) in [6.07, 6.45) is 4.02. The van der Waals surface area contributed by atoms with Gasteiger partial charge in [-0.05, 0) is 37.5 Å². The molecule has 0 aliphatic rings. The van der Waals surface area contributed by atoms with Crippen molar-refractivity contribution in [2.24, 2.45) is 0 Å². The van der Waals surface area contributed by atoms with Gasteiger partial charge in [0.1, 0.15) is 6.29 Å². The number of carbonyl (C=O) groups is 1. The van der Waals surface area contributed by atoms with Gasteiger partial charge in [-0.2, -0.15) is 0 Å². The molecule has 0 aliphatic carbocycles. The Morgan fingerprint density at radius 3 is 2.69 bits per heavy atom. The quantitative estimate of drug-likeness (QED) is 0.563. The van der Waals surface area contributed by atoms with Gasteiger partial charge in [-0.25, -0.2) is 0 Å². The summed E-state index contributed by atoms with van der Waals surface area (Å²) < 4.78 is 0. The summed E-state index contributed by atoms with van der Waals surface area (Å²) in [4.78, 5) is 11.1. The number of hydrogen-bond acceptors (Lipinski definition) is 1. The Morgan fingerprint density at radius 1 is 1.50 bits per heavy atom. The molecule has 1 aromatic carbocycles. The first-order chi connectivity index (χ1) is 7.60. The SMILES string of the molecule is CC/C=C(\C)C(C=O)c1ccc(Cl)c(C)c1. The summed E-state index contributed by atoms with van der Waals surface area (Å²) in [5.41, 5.74) is 3.12. The molecule has 0 saturated heterocycles. The second-order valence-electron chi connectivity index (χ2n) is 3.98. The minimum Gasteiger partial charge on any atom is -0.302 e. The van der Waals surface area contributed by atoms with Crippen LogP contribution in [0.15, 0.2) is 29.8 Å². The third-order valence-corrected chi connectivity index (χ3v) is 3.12. The van der Waals surface area contributed by atoms with E-state index in [1.165, 1.54) is 0 Å². The van der Waals surface area contributed by atoms with Crippen molar-refractivity contribution in [2.45, 2.75) is 33.1 Å². The minimum atomic E-state index is -0.143. The number of hydrogen-bond donors (Lipinski definition) is 0. The Morgan fingerprint density at radius 2 is 2.19 bits per heavy atom. The monoisotopic (exact) mass is 236 g/mol. The van der Waals surface area contributed by atoms with Crippen molar-refractivity contribution in [2.75, 3.05) is 0 Å². The maximum Gasteiger partial charge on any atom is 0.131 e. The fraction of sp³-hybridized carbons (Fsp3) is 0.357. The first-order valence-corrected chi connectivity index (χ1v) is 5.86. The number of aldehydes is 1. The molecule has 1 rings (SSSR count). The lowest BCUT2D eigenvalue weighted by molar-refractivity contribution is -0.108.